The Kier molecular flexibility index (Phi) is 5.61. The number of carbonyl (C=O) groups is 1. The molecule has 4 nitrogen and oxygen atoms in total. The van der Waals surface area contributed by atoms with Gasteiger partial charge in [0.05, 0.1) is 12.1 Å². The van der Waals surface area contributed by atoms with Gasteiger partial charge in [0.15, 0.2) is 0 Å². The molecule has 0 aliphatic heterocycles. The van der Waals surface area contributed by atoms with Crippen molar-refractivity contribution in [2.24, 2.45) is 5.73 Å². The Morgan fingerprint density at radius 2 is 2.29 bits per heavy atom. The highest BCUT2D eigenvalue weighted by molar-refractivity contribution is 7.12. The van der Waals surface area contributed by atoms with E-state index in [2.05, 4.69) is 5.32 Å². The topological polar surface area (TPSA) is 64.3 Å². The zero-order chi connectivity index (χ0) is 12.8. The highest BCUT2D eigenvalue weighted by Crippen LogP contribution is 2.22. The summed E-state index contributed by atoms with van der Waals surface area (Å²) in [6, 6.07) is 3.59. The number of nitrogens with two attached hydrogens (primary N) is 1. The van der Waals surface area contributed by atoms with Gasteiger partial charge in [-0.1, -0.05) is 0 Å². The lowest BCUT2D eigenvalue weighted by molar-refractivity contribution is -0.123. The molecule has 1 amide bonds. The van der Waals surface area contributed by atoms with Crippen molar-refractivity contribution in [1.29, 1.82) is 0 Å². The van der Waals surface area contributed by atoms with Crippen LogP contribution in [0.1, 0.15) is 29.1 Å². The Morgan fingerprint density at radius 1 is 1.59 bits per heavy atom. The molecule has 96 valence electrons. The first-order valence-corrected chi connectivity index (χ1v) is 6.47. The van der Waals surface area contributed by atoms with Gasteiger partial charge >= 0.3 is 0 Å². The summed E-state index contributed by atoms with van der Waals surface area (Å²) in [4.78, 5) is 14.1. The lowest BCUT2D eigenvalue weighted by atomic mass is 10.2. The SMILES string of the molecule is COCCC(N)C(=O)NC(C)c1ccc(C)s1. The van der Waals surface area contributed by atoms with E-state index in [-0.39, 0.29) is 11.9 Å². The van der Waals surface area contributed by atoms with Crippen LogP contribution in [0, 0.1) is 6.92 Å². The number of aryl methyl sites for hydroxylation is 1. The minimum atomic E-state index is -0.501. The molecule has 1 aromatic heterocycles. The Labute approximate surface area is 106 Å². The molecule has 17 heavy (non-hydrogen) atoms. The summed E-state index contributed by atoms with van der Waals surface area (Å²) < 4.78 is 4.90. The van der Waals surface area contributed by atoms with Crippen molar-refractivity contribution in [1.82, 2.24) is 5.32 Å². The van der Waals surface area contributed by atoms with Crippen LogP contribution in [0.4, 0.5) is 0 Å². The van der Waals surface area contributed by atoms with Gasteiger partial charge in [0, 0.05) is 23.5 Å². The number of hydrogen-bond acceptors (Lipinski definition) is 4. The van der Waals surface area contributed by atoms with Gasteiger partial charge in [-0.05, 0) is 32.4 Å². The Morgan fingerprint density at radius 3 is 2.82 bits per heavy atom. The number of amides is 1. The van der Waals surface area contributed by atoms with Crippen LogP contribution in [0.2, 0.25) is 0 Å². The van der Waals surface area contributed by atoms with Gasteiger partial charge in [0.1, 0.15) is 0 Å². The van der Waals surface area contributed by atoms with Gasteiger partial charge in [-0.2, -0.15) is 0 Å². The van der Waals surface area contributed by atoms with E-state index in [0.717, 1.165) is 4.88 Å². The normalized spacial score (nSPS) is 14.4. The standard InChI is InChI=1S/C12H20N2O2S/c1-8-4-5-11(17-8)9(2)14-12(15)10(13)6-7-16-3/h4-5,9-10H,6-7,13H2,1-3H3,(H,14,15). The molecule has 2 unspecified atom stereocenters. The average molecular weight is 256 g/mol. The molecule has 0 aromatic carbocycles. The first kappa shape index (κ1) is 14.2. The molecule has 0 fully saturated rings. The number of rotatable bonds is 6. The van der Waals surface area contributed by atoms with Crippen LogP contribution in [-0.4, -0.2) is 25.7 Å². The fraction of sp³-hybridized carbons (Fsp3) is 0.583. The molecule has 5 heteroatoms. The minimum absolute atomic E-state index is 0.00907. The highest BCUT2D eigenvalue weighted by Gasteiger charge is 2.16. The summed E-state index contributed by atoms with van der Waals surface area (Å²) in [6.45, 7) is 4.51. The van der Waals surface area contributed by atoms with Crippen molar-refractivity contribution in [3.63, 3.8) is 0 Å². The summed E-state index contributed by atoms with van der Waals surface area (Å²) >= 11 is 1.69. The first-order valence-electron chi connectivity index (χ1n) is 5.65. The molecule has 2 atom stereocenters. The predicted molar refractivity (Wildman–Crippen MR) is 70.1 cm³/mol. The van der Waals surface area contributed by atoms with E-state index in [4.69, 9.17) is 10.5 Å². The summed E-state index contributed by atoms with van der Waals surface area (Å²) in [5, 5.41) is 2.91. The second-order valence-corrected chi connectivity index (χ2v) is 5.39. The summed E-state index contributed by atoms with van der Waals surface area (Å²) in [5.41, 5.74) is 5.75. The fourth-order valence-electron chi connectivity index (χ4n) is 1.45. The zero-order valence-corrected chi connectivity index (χ0v) is 11.3. The van der Waals surface area contributed by atoms with Gasteiger partial charge in [-0.25, -0.2) is 0 Å². The largest absolute Gasteiger partial charge is 0.385 e. The van der Waals surface area contributed by atoms with Crippen LogP contribution in [0.15, 0.2) is 12.1 Å². The third-order valence-electron chi connectivity index (χ3n) is 2.52. The van der Waals surface area contributed by atoms with E-state index in [1.165, 1.54) is 4.88 Å². The van der Waals surface area contributed by atoms with Crippen LogP contribution in [0.3, 0.4) is 0 Å². The third-order valence-corrected chi connectivity index (χ3v) is 3.70. The molecule has 0 aliphatic rings. The lowest BCUT2D eigenvalue weighted by Crippen LogP contribution is -2.42. The molecule has 1 aromatic rings. The van der Waals surface area contributed by atoms with Crippen LogP contribution >= 0.6 is 11.3 Å². The molecule has 3 N–H and O–H groups in total. The van der Waals surface area contributed by atoms with E-state index >= 15 is 0 Å². The molecule has 1 rings (SSSR count). The summed E-state index contributed by atoms with van der Waals surface area (Å²) in [6.07, 6.45) is 0.540. The van der Waals surface area contributed by atoms with E-state index in [0.29, 0.717) is 13.0 Å². The van der Waals surface area contributed by atoms with E-state index in [1.54, 1.807) is 18.4 Å². The van der Waals surface area contributed by atoms with Gasteiger partial charge < -0.3 is 15.8 Å². The predicted octanol–water partition coefficient (Wildman–Crippen LogP) is 1.60. The van der Waals surface area contributed by atoms with Crippen molar-refractivity contribution in [2.45, 2.75) is 32.4 Å². The fourth-order valence-corrected chi connectivity index (χ4v) is 2.33. The summed E-state index contributed by atoms with van der Waals surface area (Å²) in [5.74, 6) is -0.124. The van der Waals surface area contributed by atoms with Crippen LogP contribution in [-0.2, 0) is 9.53 Å². The van der Waals surface area contributed by atoms with E-state index in [9.17, 15) is 4.79 Å². The van der Waals surface area contributed by atoms with E-state index in [1.807, 2.05) is 26.0 Å². The first-order chi connectivity index (χ1) is 8.04. The number of carbonyl (C=O) groups excluding carboxylic acids is 1. The Hall–Kier alpha value is -0.910. The number of thiophene rings is 1. The molecule has 0 spiro atoms. The summed E-state index contributed by atoms with van der Waals surface area (Å²) in [7, 11) is 1.60. The number of hydrogen-bond donors (Lipinski definition) is 2. The van der Waals surface area contributed by atoms with Gasteiger partial charge in [0.25, 0.3) is 0 Å². The van der Waals surface area contributed by atoms with E-state index < -0.39 is 6.04 Å². The highest BCUT2D eigenvalue weighted by atomic mass is 32.1. The molecule has 1 heterocycles. The second kappa shape index (κ2) is 6.74. The molecule has 0 saturated heterocycles. The van der Waals surface area contributed by atoms with Crippen molar-refractivity contribution in [3.05, 3.63) is 21.9 Å². The molecular weight excluding hydrogens is 236 g/mol. The third kappa shape index (κ3) is 4.46. The van der Waals surface area contributed by atoms with Crippen LogP contribution in [0.5, 0.6) is 0 Å². The molecular formula is C12H20N2O2S. The monoisotopic (exact) mass is 256 g/mol. The minimum Gasteiger partial charge on any atom is -0.385 e. The number of nitrogens with one attached hydrogen (secondary N) is 1. The van der Waals surface area contributed by atoms with Crippen LogP contribution < -0.4 is 11.1 Å². The molecule has 0 saturated carbocycles. The van der Waals surface area contributed by atoms with Gasteiger partial charge in [-0.3, -0.25) is 4.79 Å². The van der Waals surface area contributed by atoms with Crippen molar-refractivity contribution in [2.75, 3.05) is 13.7 Å². The number of ether oxygens (including phenoxy) is 1. The van der Waals surface area contributed by atoms with Crippen LogP contribution in [0.25, 0.3) is 0 Å². The van der Waals surface area contributed by atoms with Crippen molar-refractivity contribution in [3.8, 4) is 0 Å². The maximum Gasteiger partial charge on any atom is 0.237 e. The van der Waals surface area contributed by atoms with Crippen molar-refractivity contribution < 1.29 is 9.53 Å². The molecule has 0 bridgehead atoms. The quantitative estimate of drug-likeness (QED) is 0.812. The maximum absolute atomic E-state index is 11.8. The number of methoxy groups -OCH3 is 1. The zero-order valence-electron chi connectivity index (χ0n) is 10.5. The lowest BCUT2D eigenvalue weighted by Gasteiger charge is -2.16. The smallest absolute Gasteiger partial charge is 0.237 e. The Balaban J connectivity index is 2.45. The second-order valence-electron chi connectivity index (χ2n) is 4.07. The Bertz CT molecular complexity index is 365. The van der Waals surface area contributed by atoms with Gasteiger partial charge in [-0.15, -0.1) is 11.3 Å². The average Bonchev–Trinajstić information content (AvgIpc) is 2.72. The van der Waals surface area contributed by atoms with Crippen molar-refractivity contribution >= 4 is 17.2 Å². The van der Waals surface area contributed by atoms with Gasteiger partial charge in [0.2, 0.25) is 5.91 Å². The molecule has 0 aliphatic carbocycles. The molecule has 0 radical (unpaired) electrons. The maximum atomic E-state index is 11.8.